The second-order valence-corrected chi connectivity index (χ2v) is 8.90. The average molecular weight is 481 g/mol. The summed E-state index contributed by atoms with van der Waals surface area (Å²) in [4.78, 5) is 26.3. The van der Waals surface area contributed by atoms with Gasteiger partial charge in [0.1, 0.15) is 5.75 Å². The fraction of sp³-hybridized carbons (Fsp3) is 0.520. The van der Waals surface area contributed by atoms with E-state index in [4.69, 9.17) is 9.84 Å². The van der Waals surface area contributed by atoms with E-state index in [9.17, 15) is 22.8 Å². The summed E-state index contributed by atoms with van der Waals surface area (Å²) in [5.74, 6) is 0.321. The maximum absolute atomic E-state index is 13.1. The van der Waals surface area contributed by atoms with Crippen molar-refractivity contribution in [2.24, 2.45) is 11.8 Å². The minimum atomic E-state index is -4.58. The van der Waals surface area contributed by atoms with Crippen molar-refractivity contribution in [2.45, 2.75) is 57.5 Å². The van der Waals surface area contributed by atoms with E-state index in [-0.39, 0.29) is 17.0 Å². The van der Waals surface area contributed by atoms with Gasteiger partial charge in [0, 0.05) is 24.6 Å². The second kappa shape index (κ2) is 12.1. The molecule has 0 unspecified atom stereocenters. The number of aliphatic hydroxyl groups is 1. The van der Waals surface area contributed by atoms with Crippen molar-refractivity contribution >= 4 is 11.6 Å². The molecule has 1 aromatic heterocycles. The molecule has 1 amide bonds. The van der Waals surface area contributed by atoms with Crippen molar-refractivity contribution in [3.05, 3.63) is 58.0 Å². The molecule has 9 heteroatoms. The van der Waals surface area contributed by atoms with E-state index in [1.807, 2.05) is 0 Å². The van der Waals surface area contributed by atoms with E-state index in [2.05, 4.69) is 10.3 Å². The van der Waals surface area contributed by atoms with E-state index >= 15 is 0 Å². The van der Waals surface area contributed by atoms with Gasteiger partial charge >= 0.3 is 6.18 Å². The number of rotatable bonds is 6. The van der Waals surface area contributed by atoms with E-state index in [0.29, 0.717) is 25.0 Å². The van der Waals surface area contributed by atoms with Gasteiger partial charge < -0.3 is 20.1 Å². The first-order valence-corrected chi connectivity index (χ1v) is 11.7. The smallest absolute Gasteiger partial charge is 0.416 e. The Kier molecular flexibility index (Phi) is 9.15. The molecule has 0 radical (unpaired) electrons. The molecule has 0 bridgehead atoms. The monoisotopic (exact) mass is 480 g/mol. The van der Waals surface area contributed by atoms with Gasteiger partial charge in [0.25, 0.3) is 5.91 Å². The van der Waals surface area contributed by atoms with Crippen molar-refractivity contribution in [1.82, 2.24) is 4.98 Å². The molecular weight excluding hydrogens is 449 g/mol. The lowest BCUT2D eigenvalue weighted by Crippen LogP contribution is -2.18. The summed E-state index contributed by atoms with van der Waals surface area (Å²) in [6, 6.07) is 5.42. The Hall–Kier alpha value is -2.81. The van der Waals surface area contributed by atoms with Gasteiger partial charge in [-0.05, 0) is 61.8 Å². The van der Waals surface area contributed by atoms with Crippen LogP contribution in [-0.4, -0.2) is 29.2 Å². The molecule has 3 N–H and O–H groups in total. The number of aromatic amines is 1. The minimum absolute atomic E-state index is 0.0947. The van der Waals surface area contributed by atoms with Gasteiger partial charge in [-0.1, -0.05) is 25.7 Å². The van der Waals surface area contributed by atoms with Crippen LogP contribution >= 0.6 is 0 Å². The van der Waals surface area contributed by atoms with Crippen LogP contribution < -0.4 is 15.6 Å². The predicted molar refractivity (Wildman–Crippen MR) is 123 cm³/mol. The largest absolute Gasteiger partial charge is 0.492 e. The van der Waals surface area contributed by atoms with Gasteiger partial charge in [0.15, 0.2) is 0 Å². The molecule has 2 aromatic rings. The summed E-state index contributed by atoms with van der Waals surface area (Å²) < 4.78 is 44.8. The molecule has 6 nitrogen and oxygen atoms in total. The quantitative estimate of drug-likeness (QED) is 0.517. The molecule has 1 heterocycles. The highest BCUT2D eigenvalue weighted by Gasteiger charge is 2.32. The third-order valence-electron chi connectivity index (χ3n) is 6.27. The van der Waals surface area contributed by atoms with E-state index in [1.165, 1.54) is 44.0 Å². The summed E-state index contributed by atoms with van der Waals surface area (Å²) in [6.07, 6.45) is 6.19. The fourth-order valence-electron chi connectivity index (χ4n) is 4.31. The Morgan fingerprint density at radius 1 is 1.03 bits per heavy atom. The number of ether oxygens (including phenoxy) is 1. The number of hydrogen-bond donors (Lipinski definition) is 3. The molecule has 0 atom stereocenters. The van der Waals surface area contributed by atoms with Crippen LogP contribution in [0.5, 0.6) is 5.75 Å². The molecular formula is C25H31F3N2O4. The number of aromatic nitrogens is 1. The second-order valence-electron chi connectivity index (χ2n) is 8.90. The zero-order valence-electron chi connectivity index (χ0n) is 19.0. The van der Waals surface area contributed by atoms with Crippen LogP contribution in [0.2, 0.25) is 0 Å². The van der Waals surface area contributed by atoms with Crippen LogP contribution in [0.25, 0.3) is 0 Å². The third kappa shape index (κ3) is 7.62. The highest BCUT2D eigenvalue weighted by Crippen LogP contribution is 2.34. The van der Waals surface area contributed by atoms with Gasteiger partial charge in [0.05, 0.1) is 17.7 Å². The third-order valence-corrected chi connectivity index (χ3v) is 6.27. The van der Waals surface area contributed by atoms with Crippen LogP contribution in [0.3, 0.4) is 0 Å². The molecule has 2 fully saturated rings. The summed E-state index contributed by atoms with van der Waals surface area (Å²) in [5.41, 5.74) is -1.41. The molecule has 2 aliphatic rings. The van der Waals surface area contributed by atoms with Crippen LogP contribution in [0.4, 0.5) is 18.9 Å². The Labute approximate surface area is 196 Å². The summed E-state index contributed by atoms with van der Waals surface area (Å²) >= 11 is 0. The zero-order valence-corrected chi connectivity index (χ0v) is 19.0. The van der Waals surface area contributed by atoms with Gasteiger partial charge in [-0.2, -0.15) is 13.2 Å². The summed E-state index contributed by atoms with van der Waals surface area (Å²) in [7, 11) is 0. The summed E-state index contributed by atoms with van der Waals surface area (Å²) in [6.45, 7) is 0.774. The maximum atomic E-state index is 13.1. The number of aliphatic hydroxyl groups excluding tert-OH is 1. The molecule has 0 saturated heterocycles. The van der Waals surface area contributed by atoms with Crippen LogP contribution in [0.1, 0.15) is 67.3 Å². The average Bonchev–Trinajstić information content (AvgIpc) is 3.51. The SMILES string of the molecule is O=C(Nc1cc[nH]c(=O)c1)c1cc(C(F)(F)F)ccc1OCC1CCCC1.OCC1CCCC1. The number of pyridine rings is 1. The Bertz CT molecular complexity index is 994. The van der Waals surface area contributed by atoms with Gasteiger partial charge in [0.2, 0.25) is 5.56 Å². The number of H-pyrrole nitrogens is 1. The first-order chi connectivity index (χ1) is 16.3. The predicted octanol–water partition coefficient (Wildman–Crippen LogP) is 5.38. The molecule has 34 heavy (non-hydrogen) atoms. The van der Waals surface area contributed by atoms with E-state index in [0.717, 1.165) is 43.9 Å². The normalized spacial score (nSPS) is 16.7. The number of carbonyl (C=O) groups is 1. The van der Waals surface area contributed by atoms with Crippen molar-refractivity contribution < 1.29 is 27.8 Å². The topological polar surface area (TPSA) is 91.4 Å². The number of carbonyl (C=O) groups excluding carboxylic acids is 1. The van der Waals surface area contributed by atoms with Gasteiger partial charge in [-0.3, -0.25) is 9.59 Å². The Balaban J connectivity index is 0.000000396. The van der Waals surface area contributed by atoms with Crippen LogP contribution in [0, 0.1) is 11.8 Å². The number of nitrogens with one attached hydrogen (secondary N) is 2. The number of halogens is 3. The lowest BCUT2D eigenvalue weighted by Gasteiger charge is -2.16. The number of amides is 1. The molecule has 0 aliphatic heterocycles. The summed E-state index contributed by atoms with van der Waals surface area (Å²) in [5, 5.41) is 11.0. The molecule has 4 rings (SSSR count). The first-order valence-electron chi connectivity index (χ1n) is 11.7. The van der Waals surface area contributed by atoms with Crippen molar-refractivity contribution in [2.75, 3.05) is 18.5 Å². The number of alkyl halides is 3. The lowest BCUT2D eigenvalue weighted by molar-refractivity contribution is -0.137. The van der Waals surface area contributed by atoms with Crippen LogP contribution in [-0.2, 0) is 6.18 Å². The van der Waals surface area contributed by atoms with Gasteiger partial charge in [-0.25, -0.2) is 0 Å². The van der Waals surface area contributed by atoms with Crippen molar-refractivity contribution in [3.8, 4) is 5.75 Å². The molecule has 2 saturated carbocycles. The maximum Gasteiger partial charge on any atom is 0.416 e. The first kappa shape index (κ1) is 25.8. The molecule has 186 valence electrons. The Morgan fingerprint density at radius 2 is 1.68 bits per heavy atom. The van der Waals surface area contributed by atoms with Gasteiger partial charge in [-0.15, -0.1) is 0 Å². The fourth-order valence-corrected chi connectivity index (χ4v) is 4.31. The molecule has 0 spiro atoms. The number of anilines is 1. The van der Waals surface area contributed by atoms with E-state index < -0.39 is 23.2 Å². The minimum Gasteiger partial charge on any atom is -0.492 e. The zero-order chi connectivity index (χ0) is 24.6. The number of hydrogen-bond acceptors (Lipinski definition) is 4. The molecule has 1 aromatic carbocycles. The van der Waals surface area contributed by atoms with Crippen LogP contribution in [0.15, 0.2) is 41.3 Å². The lowest BCUT2D eigenvalue weighted by atomic mass is 10.1. The van der Waals surface area contributed by atoms with Crippen molar-refractivity contribution in [3.63, 3.8) is 0 Å². The highest BCUT2D eigenvalue weighted by molar-refractivity contribution is 6.06. The highest BCUT2D eigenvalue weighted by atomic mass is 19.4. The standard InChI is InChI=1S/C19H19F3N2O3.C6H12O/c20-19(21,22)13-5-6-16(27-11-12-3-1-2-4-12)15(9-13)18(26)24-14-7-8-23-17(25)10-14;7-5-6-3-1-2-4-6/h5-10,12H,1-4,11H2,(H2,23,24,25,26);6-7H,1-5H2. The van der Waals surface area contributed by atoms with E-state index in [1.54, 1.807) is 0 Å². The molecule has 2 aliphatic carbocycles. The number of benzene rings is 1. The Morgan fingerprint density at radius 3 is 2.24 bits per heavy atom. The van der Waals surface area contributed by atoms with Crippen molar-refractivity contribution in [1.29, 1.82) is 0 Å².